The van der Waals surface area contributed by atoms with Crippen LogP contribution in [0.4, 0.5) is 0 Å². The van der Waals surface area contributed by atoms with E-state index >= 15 is 0 Å². The lowest BCUT2D eigenvalue weighted by Gasteiger charge is -2.18. The number of thiazole rings is 1. The summed E-state index contributed by atoms with van der Waals surface area (Å²) < 4.78 is 5.08. The fourth-order valence-corrected chi connectivity index (χ4v) is 7.53. The predicted octanol–water partition coefficient (Wildman–Crippen LogP) is 6.26. The summed E-state index contributed by atoms with van der Waals surface area (Å²) in [7, 11) is 0. The van der Waals surface area contributed by atoms with Crippen molar-refractivity contribution >= 4 is 56.7 Å². The molecule has 0 amide bonds. The number of aromatic nitrogens is 1. The van der Waals surface area contributed by atoms with Crippen LogP contribution in [-0.2, 0) is 13.0 Å². The van der Waals surface area contributed by atoms with E-state index < -0.39 is 0 Å². The van der Waals surface area contributed by atoms with E-state index in [9.17, 15) is 4.79 Å². The second-order valence-corrected chi connectivity index (χ2v) is 11.2. The molecule has 6 heteroatoms. The van der Waals surface area contributed by atoms with Crippen molar-refractivity contribution in [1.82, 2.24) is 9.47 Å². The third kappa shape index (κ3) is 5.08. The van der Waals surface area contributed by atoms with Crippen molar-refractivity contribution in [2.75, 3.05) is 6.54 Å². The first-order chi connectivity index (χ1) is 16.1. The highest BCUT2D eigenvalue weighted by Crippen LogP contribution is 2.34. The van der Waals surface area contributed by atoms with E-state index in [1.807, 2.05) is 22.0 Å². The van der Waals surface area contributed by atoms with Gasteiger partial charge in [0.1, 0.15) is 0 Å². The monoisotopic (exact) mass is 496 g/mol. The summed E-state index contributed by atoms with van der Waals surface area (Å²) in [6, 6.07) is 8.70. The Hall–Kier alpha value is -2.02. The molecule has 3 nitrogen and oxygen atoms in total. The first-order valence-electron chi connectivity index (χ1n) is 11.8. The Kier molecular flexibility index (Phi) is 7.99. The van der Waals surface area contributed by atoms with Gasteiger partial charge in [-0.2, -0.15) is 0 Å². The first kappa shape index (κ1) is 24.1. The fraction of sp³-hybridized carbons (Fsp3) is 0.370. The Morgan fingerprint density at radius 2 is 1.82 bits per heavy atom. The Labute approximate surface area is 208 Å². The third-order valence-electron chi connectivity index (χ3n) is 6.00. The summed E-state index contributed by atoms with van der Waals surface area (Å²) in [5, 5.41) is 4.71. The zero-order chi connectivity index (χ0) is 23.4. The van der Waals surface area contributed by atoms with Crippen LogP contribution in [0.1, 0.15) is 57.4 Å². The molecule has 4 rings (SSSR count). The maximum atomic E-state index is 13.2. The van der Waals surface area contributed by atoms with Crippen molar-refractivity contribution in [2.24, 2.45) is 0 Å². The van der Waals surface area contributed by atoms with Gasteiger partial charge in [-0.05, 0) is 74.3 Å². The largest absolute Gasteiger partial charge is 0.340 e. The standard InChI is InChI=1S/C27H32N2OS3/c1-5-8-9-12-21-20-13-10-11-14-22(20)32-24(21)17-26-29(7-3)27(30)23(33-26)15-16-25-28(6-2)19(4)18-31-25/h10-11,13-18H,5-9,12H2,1-4H3. The van der Waals surface area contributed by atoms with Gasteiger partial charge in [0.2, 0.25) is 0 Å². The van der Waals surface area contributed by atoms with Crippen molar-refractivity contribution in [1.29, 1.82) is 0 Å². The van der Waals surface area contributed by atoms with Gasteiger partial charge in [0.05, 0.1) is 14.2 Å². The number of benzene rings is 1. The first-order valence-corrected chi connectivity index (χ1v) is 14.3. The van der Waals surface area contributed by atoms with Gasteiger partial charge in [0.15, 0.2) is 0 Å². The maximum Gasteiger partial charge on any atom is 0.269 e. The van der Waals surface area contributed by atoms with E-state index in [4.69, 9.17) is 0 Å². The number of hydrogen-bond donors (Lipinski definition) is 0. The van der Waals surface area contributed by atoms with Gasteiger partial charge in [-0.3, -0.25) is 9.36 Å². The Bertz CT molecular complexity index is 1370. The minimum Gasteiger partial charge on any atom is -0.340 e. The van der Waals surface area contributed by atoms with Crippen LogP contribution in [0.5, 0.6) is 0 Å². The number of thiophene rings is 1. The van der Waals surface area contributed by atoms with Crippen molar-refractivity contribution in [3.8, 4) is 0 Å². The number of hydrogen-bond acceptors (Lipinski definition) is 5. The minimum absolute atomic E-state index is 0.106. The Morgan fingerprint density at radius 3 is 2.58 bits per heavy atom. The summed E-state index contributed by atoms with van der Waals surface area (Å²) in [5.74, 6) is 0. The van der Waals surface area contributed by atoms with Crippen LogP contribution in [0.3, 0.4) is 0 Å². The molecular weight excluding hydrogens is 465 g/mol. The van der Waals surface area contributed by atoms with Crippen molar-refractivity contribution in [2.45, 2.75) is 59.9 Å². The molecule has 0 radical (unpaired) electrons. The van der Waals surface area contributed by atoms with E-state index in [2.05, 4.69) is 74.4 Å². The molecule has 1 aliphatic heterocycles. The van der Waals surface area contributed by atoms with E-state index in [-0.39, 0.29) is 5.56 Å². The highest BCUT2D eigenvalue weighted by molar-refractivity contribution is 8.06. The number of rotatable bonds is 8. The maximum absolute atomic E-state index is 13.2. The van der Waals surface area contributed by atoms with Crippen LogP contribution >= 0.6 is 34.4 Å². The second-order valence-electron chi connectivity index (χ2n) is 8.19. The Morgan fingerprint density at radius 1 is 1.00 bits per heavy atom. The molecule has 33 heavy (non-hydrogen) atoms. The lowest BCUT2D eigenvalue weighted by atomic mass is 10.0. The summed E-state index contributed by atoms with van der Waals surface area (Å²) in [5.41, 5.74) is 2.80. The molecule has 0 bridgehead atoms. The Balaban J connectivity index is 1.79. The summed E-state index contributed by atoms with van der Waals surface area (Å²) in [4.78, 5) is 16.7. The minimum atomic E-state index is 0.106. The highest BCUT2D eigenvalue weighted by atomic mass is 32.2. The number of allylic oxidation sites excluding steroid dienone is 2. The van der Waals surface area contributed by atoms with Gasteiger partial charge in [-0.15, -0.1) is 22.7 Å². The number of nitrogens with zero attached hydrogens (tertiary/aromatic N) is 2. The number of thioether (sulfide) groups is 1. The van der Waals surface area contributed by atoms with E-state index in [1.165, 1.54) is 50.5 Å². The van der Waals surface area contributed by atoms with Crippen LogP contribution in [0.2, 0.25) is 0 Å². The fourth-order valence-electron chi connectivity index (χ4n) is 4.24. The van der Waals surface area contributed by atoms with Gasteiger partial charge in [-0.25, -0.2) is 0 Å². The molecule has 3 aromatic rings. The van der Waals surface area contributed by atoms with E-state index in [1.54, 1.807) is 23.1 Å². The van der Waals surface area contributed by atoms with Gasteiger partial charge in [-0.1, -0.05) is 49.7 Å². The zero-order valence-corrected chi connectivity index (χ0v) is 22.3. The van der Waals surface area contributed by atoms with Crippen LogP contribution in [0, 0.1) is 0 Å². The molecule has 0 fully saturated rings. The molecule has 1 aliphatic rings. The molecule has 0 atom stereocenters. The second kappa shape index (κ2) is 10.9. The van der Waals surface area contributed by atoms with Crippen LogP contribution < -0.4 is 14.8 Å². The molecule has 0 saturated carbocycles. The molecule has 1 aromatic carbocycles. The highest BCUT2D eigenvalue weighted by Gasteiger charge is 2.15. The van der Waals surface area contributed by atoms with Gasteiger partial charge >= 0.3 is 0 Å². The molecule has 0 saturated heterocycles. The number of unbranched alkanes of at least 4 members (excludes halogenated alkanes) is 2. The third-order valence-corrected chi connectivity index (χ3v) is 9.30. The lowest BCUT2D eigenvalue weighted by Crippen LogP contribution is -2.30. The zero-order valence-electron chi connectivity index (χ0n) is 19.9. The van der Waals surface area contributed by atoms with Gasteiger partial charge in [0, 0.05) is 28.4 Å². The number of aryl methyl sites for hydroxylation is 1. The topological polar surface area (TPSA) is 25.2 Å². The van der Waals surface area contributed by atoms with Crippen LogP contribution in [0.25, 0.3) is 22.2 Å². The molecule has 0 spiro atoms. The molecule has 0 unspecified atom stereocenters. The van der Waals surface area contributed by atoms with E-state index in [0.29, 0.717) is 6.54 Å². The molecule has 174 valence electrons. The lowest BCUT2D eigenvalue weighted by molar-refractivity contribution is 0.489. The van der Waals surface area contributed by atoms with Crippen molar-refractivity contribution in [3.05, 3.63) is 76.5 Å². The van der Waals surface area contributed by atoms with Crippen LogP contribution in [-0.4, -0.2) is 16.0 Å². The molecule has 0 N–H and O–H groups in total. The number of fused-ring (bicyclic) bond motifs is 1. The van der Waals surface area contributed by atoms with Crippen molar-refractivity contribution in [3.63, 3.8) is 0 Å². The average molecular weight is 497 g/mol. The quantitative estimate of drug-likeness (QED) is 0.344. The SMILES string of the molecule is CCCCCc1c(C=c2sc(=CC=C3SC=C(C)N3CC)c(=O)n2CC)sc2ccccc12. The summed E-state index contributed by atoms with van der Waals surface area (Å²) in [6.07, 6.45) is 11.1. The molecular formula is C27H32N2OS3. The van der Waals surface area contributed by atoms with Gasteiger partial charge in [0.25, 0.3) is 5.56 Å². The van der Waals surface area contributed by atoms with Crippen molar-refractivity contribution < 1.29 is 0 Å². The van der Waals surface area contributed by atoms with E-state index in [0.717, 1.165) is 22.2 Å². The smallest absolute Gasteiger partial charge is 0.269 e. The molecule has 2 aromatic heterocycles. The summed E-state index contributed by atoms with van der Waals surface area (Å²) >= 11 is 5.17. The average Bonchev–Trinajstić information content (AvgIpc) is 3.45. The molecule has 0 aliphatic carbocycles. The summed E-state index contributed by atoms with van der Waals surface area (Å²) in [6.45, 7) is 10.2. The predicted molar refractivity (Wildman–Crippen MR) is 148 cm³/mol. The normalized spacial score (nSPS) is 16.5. The molecule has 3 heterocycles. The van der Waals surface area contributed by atoms with Crippen LogP contribution in [0.15, 0.2) is 51.3 Å². The van der Waals surface area contributed by atoms with Gasteiger partial charge < -0.3 is 4.90 Å².